The van der Waals surface area contributed by atoms with Gasteiger partial charge in [-0.3, -0.25) is 0 Å². The fourth-order valence-corrected chi connectivity index (χ4v) is 2.52. The van der Waals surface area contributed by atoms with Gasteiger partial charge < -0.3 is 0 Å². The van der Waals surface area contributed by atoms with Gasteiger partial charge in [0, 0.05) is 0 Å². The first-order valence-corrected chi connectivity index (χ1v) is 7.35. The molecule has 103 valence electrons. The molecule has 0 fully saturated rings. The summed E-state index contributed by atoms with van der Waals surface area (Å²) in [6.45, 7) is 18.2. The Kier molecular flexibility index (Phi) is 7.95. The maximum atomic E-state index is 3.74. The van der Waals surface area contributed by atoms with Gasteiger partial charge in [0.2, 0.25) is 0 Å². The average Bonchev–Trinajstić information content (AvgIpc) is 2.26. The zero-order chi connectivity index (χ0) is 14.0. The third-order valence-electron chi connectivity index (χ3n) is 3.60. The van der Waals surface area contributed by atoms with Crippen LogP contribution < -0.4 is 0 Å². The van der Waals surface area contributed by atoms with Gasteiger partial charge in [0.05, 0.1) is 0 Å². The SMILES string of the molecule is CC(C)c1[c]c(C(C)C)c(C(C)C)cc1C(C)C.[NaH]. The molecule has 0 aliphatic rings. The van der Waals surface area contributed by atoms with Crippen molar-refractivity contribution in [2.75, 3.05) is 0 Å². The summed E-state index contributed by atoms with van der Waals surface area (Å²) in [5.41, 5.74) is 5.80. The van der Waals surface area contributed by atoms with Crippen LogP contribution in [0.4, 0.5) is 0 Å². The van der Waals surface area contributed by atoms with Gasteiger partial charge in [-0.2, -0.15) is 0 Å². The first kappa shape index (κ1) is 19.2. The van der Waals surface area contributed by atoms with Crippen LogP contribution in [0.25, 0.3) is 0 Å². The third-order valence-corrected chi connectivity index (χ3v) is 3.60. The summed E-state index contributed by atoms with van der Waals surface area (Å²) in [6, 6.07) is 6.18. The molecule has 0 spiro atoms. The zero-order valence-corrected chi connectivity index (χ0v) is 13.4. The topological polar surface area (TPSA) is 0 Å². The van der Waals surface area contributed by atoms with Gasteiger partial charge in [-0.25, -0.2) is 0 Å². The summed E-state index contributed by atoms with van der Waals surface area (Å²) in [5.74, 6) is 2.27. The van der Waals surface area contributed by atoms with Crippen LogP contribution in [0.3, 0.4) is 0 Å². The van der Waals surface area contributed by atoms with E-state index in [1.807, 2.05) is 0 Å². The van der Waals surface area contributed by atoms with E-state index in [0.29, 0.717) is 23.7 Å². The van der Waals surface area contributed by atoms with Crippen molar-refractivity contribution < 1.29 is 0 Å². The van der Waals surface area contributed by atoms with Crippen molar-refractivity contribution >= 4 is 29.6 Å². The van der Waals surface area contributed by atoms with Crippen molar-refractivity contribution in [1.29, 1.82) is 0 Å². The van der Waals surface area contributed by atoms with E-state index >= 15 is 0 Å². The predicted molar refractivity (Wildman–Crippen MR) is 88.8 cm³/mol. The van der Waals surface area contributed by atoms with Crippen molar-refractivity contribution in [3.63, 3.8) is 0 Å². The van der Waals surface area contributed by atoms with Gasteiger partial charge in [0.15, 0.2) is 0 Å². The van der Waals surface area contributed by atoms with Gasteiger partial charge in [0.25, 0.3) is 0 Å². The second kappa shape index (κ2) is 7.86. The van der Waals surface area contributed by atoms with Gasteiger partial charge in [0.1, 0.15) is 0 Å². The van der Waals surface area contributed by atoms with E-state index in [4.69, 9.17) is 0 Å². The van der Waals surface area contributed by atoms with Crippen molar-refractivity contribution in [2.24, 2.45) is 0 Å². The normalized spacial score (nSPS) is 11.6. The van der Waals surface area contributed by atoms with Crippen molar-refractivity contribution in [1.82, 2.24) is 0 Å². The van der Waals surface area contributed by atoms with E-state index in [-0.39, 0.29) is 29.6 Å². The summed E-state index contributed by atoms with van der Waals surface area (Å²) < 4.78 is 0. The Hall–Kier alpha value is 0.220. The Morgan fingerprint density at radius 1 is 0.632 bits per heavy atom. The molecule has 0 amide bonds. The Labute approximate surface area is 142 Å². The summed E-state index contributed by atoms with van der Waals surface area (Å²) in [5, 5.41) is 0. The molecule has 1 rings (SSSR count). The molecule has 19 heavy (non-hydrogen) atoms. The summed E-state index contributed by atoms with van der Waals surface area (Å²) in [7, 11) is 0. The Bertz CT molecular complexity index is 326. The van der Waals surface area contributed by atoms with E-state index in [2.05, 4.69) is 67.5 Å². The summed E-state index contributed by atoms with van der Waals surface area (Å²) in [4.78, 5) is 0. The first-order chi connectivity index (χ1) is 8.25. The van der Waals surface area contributed by atoms with Gasteiger partial charge in [-0.05, 0) is 52.0 Å². The number of rotatable bonds is 4. The van der Waals surface area contributed by atoms with Crippen LogP contribution in [0.2, 0.25) is 0 Å². The summed E-state index contributed by atoms with van der Waals surface area (Å²) in [6.07, 6.45) is 0. The first-order valence-electron chi connectivity index (χ1n) is 7.35. The second-order valence-electron chi connectivity index (χ2n) is 6.63. The monoisotopic (exact) mass is 269 g/mol. The molecule has 0 nitrogen and oxygen atoms in total. The molecule has 0 aliphatic carbocycles. The minimum absolute atomic E-state index is 0. The Balaban J connectivity index is 0.00000324. The predicted octanol–water partition coefficient (Wildman–Crippen LogP) is 5.33. The fourth-order valence-electron chi connectivity index (χ4n) is 2.52. The molecule has 0 aromatic heterocycles. The minimum atomic E-state index is 0. The molecule has 0 atom stereocenters. The Morgan fingerprint density at radius 2 is 0.947 bits per heavy atom. The van der Waals surface area contributed by atoms with Gasteiger partial charge in [-0.1, -0.05) is 61.5 Å². The molecule has 0 aliphatic heterocycles. The molecule has 0 unspecified atom stereocenters. The molecule has 1 aromatic rings. The van der Waals surface area contributed by atoms with Crippen LogP contribution in [0, 0.1) is 6.07 Å². The van der Waals surface area contributed by atoms with Crippen LogP contribution in [-0.4, -0.2) is 29.6 Å². The zero-order valence-electron chi connectivity index (χ0n) is 13.4. The van der Waals surface area contributed by atoms with Crippen molar-refractivity contribution in [2.45, 2.75) is 79.1 Å². The van der Waals surface area contributed by atoms with Crippen LogP contribution in [0.1, 0.15) is 101 Å². The van der Waals surface area contributed by atoms with E-state index < -0.39 is 0 Å². The van der Waals surface area contributed by atoms with Crippen LogP contribution >= 0.6 is 0 Å². The number of hydrogen-bond donors (Lipinski definition) is 0. The number of hydrogen-bond acceptors (Lipinski definition) is 0. The number of benzene rings is 1. The molecular formula is C18H30Na. The molecule has 1 heteroatoms. The molecule has 0 bridgehead atoms. The maximum absolute atomic E-state index is 3.74. The van der Waals surface area contributed by atoms with Crippen LogP contribution in [0.15, 0.2) is 6.07 Å². The molecule has 0 N–H and O–H groups in total. The Morgan fingerprint density at radius 3 is 1.16 bits per heavy atom. The molecule has 1 aromatic carbocycles. The van der Waals surface area contributed by atoms with E-state index in [9.17, 15) is 0 Å². The molecule has 0 heterocycles. The van der Waals surface area contributed by atoms with Crippen LogP contribution in [0.5, 0.6) is 0 Å². The molecular weight excluding hydrogens is 239 g/mol. The summed E-state index contributed by atoms with van der Waals surface area (Å²) >= 11 is 0. The molecule has 0 saturated carbocycles. The van der Waals surface area contributed by atoms with E-state index in [1.165, 1.54) is 22.3 Å². The third kappa shape index (κ3) is 4.62. The molecule has 1 radical (unpaired) electrons. The van der Waals surface area contributed by atoms with Crippen molar-refractivity contribution in [3.8, 4) is 0 Å². The van der Waals surface area contributed by atoms with Crippen molar-refractivity contribution in [3.05, 3.63) is 34.4 Å². The fraction of sp³-hybridized carbons (Fsp3) is 0.667. The van der Waals surface area contributed by atoms with Crippen LogP contribution in [-0.2, 0) is 0 Å². The molecule has 0 saturated heterocycles. The average molecular weight is 269 g/mol. The van der Waals surface area contributed by atoms with Gasteiger partial charge >= 0.3 is 29.6 Å². The van der Waals surface area contributed by atoms with E-state index in [1.54, 1.807) is 0 Å². The van der Waals surface area contributed by atoms with Gasteiger partial charge in [-0.15, -0.1) is 0 Å². The van der Waals surface area contributed by atoms with E-state index in [0.717, 1.165) is 0 Å². The quantitative estimate of drug-likeness (QED) is 0.648. The second-order valence-corrected chi connectivity index (χ2v) is 6.63. The standard InChI is InChI=1S/C18H29.Na.H/c1-11(2)15-9-17(13(5)6)18(14(7)8)10-16(15)12(3)4;;/h9,11-14H,1-8H3;;.